The van der Waals surface area contributed by atoms with Crippen molar-refractivity contribution in [2.24, 2.45) is 5.92 Å². The lowest BCUT2D eigenvalue weighted by molar-refractivity contribution is 0.0370. The molecule has 3 heterocycles. The van der Waals surface area contributed by atoms with E-state index in [0.717, 1.165) is 38.3 Å². The maximum absolute atomic E-state index is 12.6. The summed E-state index contributed by atoms with van der Waals surface area (Å²) in [4.78, 5) is 14.6. The smallest absolute Gasteiger partial charge is 0.317 e. The number of amides is 2. The zero-order valence-electron chi connectivity index (χ0n) is 14.9. The third-order valence-corrected chi connectivity index (χ3v) is 6.01. The van der Waals surface area contributed by atoms with Gasteiger partial charge in [0.05, 0.1) is 12.7 Å². The Bertz CT molecular complexity index is 607. The number of carbonyl (C=O) groups excluding carboxylic acids is 1. The molecule has 4 rings (SSSR count). The zero-order valence-corrected chi connectivity index (χ0v) is 14.9. The summed E-state index contributed by atoms with van der Waals surface area (Å²) in [5, 5.41) is 3.19. The second kappa shape index (κ2) is 7.24. The molecule has 5 heteroatoms. The zero-order chi connectivity index (χ0) is 17.2. The summed E-state index contributed by atoms with van der Waals surface area (Å²) in [6.45, 7) is 5.30. The molecule has 25 heavy (non-hydrogen) atoms. The Balaban J connectivity index is 1.29. The van der Waals surface area contributed by atoms with Crippen LogP contribution in [0.5, 0.6) is 5.75 Å². The van der Waals surface area contributed by atoms with Crippen molar-refractivity contribution < 1.29 is 14.3 Å². The molecular formula is C20H28N2O3. The van der Waals surface area contributed by atoms with Crippen LogP contribution in [0.2, 0.25) is 0 Å². The van der Waals surface area contributed by atoms with Crippen LogP contribution in [-0.4, -0.2) is 49.4 Å². The standard InChI is InChI=1S/C20H28N2O3/c1-14(17-13-25-19-6-3-2-5-16(17)19)21-20(23)22-10-8-15(9-11-22)18-7-4-12-24-18/h2-3,5-6,14-15,17-18H,4,7-13H2,1H3,(H,21,23)/t14-,17-,18-/m0/s1. The van der Waals surface area contributed by atoms with E-state index in [2.05, 4.69) is 18.3 Å². The van der Waals surface area contributed by atoms with Crippen LogP contribution in [0.25, 0.3) is 0 Å². The number of carbonyl (C=O) groups is 1. The number of likely N-dealkylation sites (tertiary alicyclic amines) is 1. The maximum Gasteiger partial charge on any atom is 0.317 e. The summed E-state index contributed by atoms with van der Waals surface area (Å²) in [6.07, 6.45) is 4.92. The molecule has 0 unspecified atom stereocenters. The van der Waals surface area contributed by atoms with Crippen LogP contribution in [0.4, 0.5) is 4.79 Å². The maximum atomic E-state index is 12.6. The van der Waals surface area contributed by atoms with Crippen LogP contribution in [0.1, 0.15) is 44.1 Å². The molecule has 2 fully saturated rings. The minimum absolute atomic E-state index is 0.0580. The van der Waals surface area contributed by atoms with Crippen LogP contribution < -0.4 is 10.1 Å². The molecule has 0 bridgehead atoms. The first-order chi connectivity index (χ1) is 12.2. The molecule has 0 aromatic heterocycles. The van der Waals surface area contributed by atoms with Gasteiger partial charge < -0.3 is 19.7 Å². The highest BCUT2D eigenvalue weighted by atomic mass is 16.5. The fraction of sp³-hybridized carbons (Fsp3) is 0.650. The van der Waals surface area contributed by atoms with Crippen LogP contribution in [0, 0.1) is 5.92 Å². The van der Waals surface area contributed by atoms with E-state index in [9.17, 15) is 4.79 Å². The number of piperidine rings is 1. The third-order valence-electron chi connectivity index (χ3n) is 6.01. The number of nitrogens with one attached hydrogen (secondary N) is 1. The first-order valence-corrected chi connectivity index (χ1v) is 9.61. The van der Waals surface area contributed by atoms with Crippen molar-refractivity contribution >= 4 is 6.03 Å². The number of benzene rings is 1. The van der Waals surface area contributed by atoms with Gasteiger partial charge in [0.1, 0.15) is 5.75 Å². The quantitative estimate of drug-likeness (QED) is 0.916. The molecule has 3 aliphatic heterocycles. The summed E-state index contributed by atoms with van der Waals surface area (Å²) in [5.41, 5.74) is 1.20. The topological polar surface area (TPSA) is 50.8 Å². The number of hydrogen-bond donors (Lipinski definition) is 1. The Hall–Kier alpha value is -1.75. The Kier molecular flexibility index (Phi) is 4.84. The van der Waals surface area contributed by atoms with Gasteiger partial charge in [-0.2, -0.15) is 0 Å². The van der Waals surface area contributed by atoms with Crippen molar-refractivity contribution in [1.82, 2.24) is 10.2 Å². The second-order valence-electron chi connectivity index (χ2n) is 7.57. The molecule has 3 aliphatic rings. The number of nitrogens with zero attached hydrogens (tertiary/aromatic N) is 1. The van der Waals surface area contributed by atoms with Crippen LogP contribution in [0.3, 0.4) is 0 Å². The normalized spacial score (nSPS) is 27.6. The van der Waals surface area contributed by atoms with E-state index in [1.54, 1.807) is 0 Å². The van der Waals surface area contributed by atoms with Gasteiger partial charge in [0.25, 0.3) is 0 Å². The van der Waals surface area contributed by atoms with Gasteiger partial charge in [-0.15, -0.1) is 0 Å². The lowest BCUT2D eigenvalue weighted by Gasteiger charge is -2.35. The highest BCUT2D eigenvalue weighted by molar-refractivity contribution is 5.74. The number of para-hydroxylation sites is 1. The molecule has 0 spiro atoms. The van der Waals surface area contributed by atoms with E-state index >= 15 is 0 Å². The Labute approximate surface area is 149 Å². The predicted molar refractivity (Wildman–Crippen MR) is 95.9 cm³/mol. The average Bonchev–Trinajstić information content (AvgIpc) is 3.31. The molecule has 1 N–H and O–H groups in total. The Morgan fingerprint density at radius 2 is 2.04 bits per heavy atom. The summed E-state index contributed by atoms with van der Waals surface area (Å²) < 4.78 is 11.6. The molecule has 0 radical (unpaired) electrons. The van der Waals surface area contributed by atoms with E-state index in [1.807, 2.05) is 23.1 Å². The molecule has 5 nitrogen and oxygen atoms in total. The Morgan fingerprint density at radius 3 is 2.80 bits per heavy atom. The number of fused-ring (bicyclic) bond motifs is 1. The number of rotatable bonds is 3. The summed E-state index contributed by atoms with van der Waals surface area (Å²) in [6, 6.07) is 8.24. The Morgan fingerprint density at radius 1 is 1.24 bits per heavy atom. The monoisotopic (exact) mass is 344 g/mol. The van der Waals surface area contributed by atoms with Gasteiger partial charge in [-0.25, -0.2) is 4.79 Å². The van der Waals surface area contributed by atoms with E-state index in [1.165, 1.54) is 18.4 Å². The SMILES string of the molecule is C[C@H](NC(=O)N1CCC([C@@H]2CCCO2)CC1)[C@@H]1COc2ccccc21. The molecule has 0 saturated carbocycles. The van der Waals surface area contributed by atoms with Gasteiger partial charge in [0, 0.05) is 37.2 Å². The molecular weight excluding hydrogens is 316 g/mol. The molecule has 1 aromatic carbocycles. The number of hydrogen-bond acceptors (Lipinski definition) is 3. The summed E-state index contributed by atoms with van der Waals surface area (Å²) in [5.74, 6) is 1.80. The van der Waals surface area contributed by atoms with Crippen molar-refractivity contribution in [3.05, 3.63) is 29.8 Å². The van der Waals surface area contributed by atoms with Crippen molar-refractivity contribution in [1.29, 1.82) is 0 Å². The van der Waals surface area contributed by atoms with E-state index in [4.69, 9.17) is 9.47 Å². The highest BCUT2D eigenvalue weighted by Gasteiger charge is 2.33. The van der Waals surface area contributed by atoms with Gasteiger partial charge in [0.2, 0.25) is 0 Å². The first-order valence-electron chi connectivity index (χ1n) is 9.61. The molecule has 0 aliphatic carbocycles. The second-order valence-corrected chi connectivity index (χ2v) is 7.57. The van der Waals surface area contributed by atoms with Crippen molar-refractivity contribution in [2.45, 2.75) is 50.7 Å². The largest absolute Gasteiger partial charge is 0.493 e. The first kappa shape index (κ1) is 16.7. The highest BCUT2D eigenvalue weighted by Crippen LogP contribution is 2.35. The van der Waals surface area contributed by atoms with Crippen LogP contribution >= 0.6 is 0 Å². The van der Waals surface area contributed by atoms with Gasteiger partial charge >= 0.3 is 6.03 Å². The van der Waals surface area contributed by atoms with Gasteiger partial charge in [-0.05, 0) is 44.6 Å². The fourth-order valence-corrected chi connectivity index (χ4v) is 4.44. The van der Waals surface area contributed by atoms with Crippen molar-refractivity contribution in [3.63, 3.8) is 0 Å². The molecule has 136 valence electrons. The van der Waals surface area contributed by atoms with Gasteiger partial charge in [-0.3, -0.25) is 0 Å². The number of urea groups is 1. The van der Waals surface area contributed by atoms with Crippen LogP contribution in [0.15, 0.2) is 24.3 Å². The van der Waals surface area contributed by atoms with Crippen LogP contribution in [-0.2, 0) is 4.74 Å². The summed E-state index contributed by atoms with van der Waals surface area (Å²) >= 11 is 0. The van der Waals surface area contributed by atoms with Gasteiger partial charge in [0.15, 0.2) is 0 Å². The third kappa shape index (κ3) is 3.47. The lowest BCUT2D eigenvalue weighted by Crippen LogP contribution is -2.49. The van der Waals surface area contributed by atoms with Gasteiger partial charge in [-0.1, -0.05) is 18.2 Å². The van der Waals surface area contributed by atoms with E-state index in [0.29, 0.717) is 18.6 Å². The van der Waals surface area contributed by atoms with Crippen molar-refractivity contribution in [3.8, 4) is 5.75 Å². The predicted octanol–water partition coefficient (Wildman–Crippen LogP) is 3.15. The fourth-order valence-electron chi connectivity index (χ4n) is 4.44. The molecule has 2 saturated heterocycles. The van der Waals surface area contributed by atoms with Crippen molar-refractivity contribution in [2.75, 3.05) is 26.3 Å². The minimum Gasteiger partial charge on any atom is -0.493 e. The van der Waals surface area contributed by atoms with E-state index in [-0.39, 0.29) is 18.0 Å². The average molecular weight is 344 g/mol. The lowest BCUT2D eigenvalue weighted by atomic mass is 9.90. The molecule has 2 amide bonds. The van der Waals surface area contributed by atoms with E-state index < -0.39 is 0 Å². The number of ether oxygens (including phenoxy) is 2. The summed E-state index contributed by atoms with van der Waals surface area (Å²) in [7, 11) is 0. The minimum atomic E-state index is 0.0580. The molecule has 3 atom stereocenters. The molecule has 1 aromatic rings.